The van der Waals surface area contributed by atoms with Crippen LogP contribution in [0.3, 0.4) is 0 Å². The van der Waals surface area contributed by atoms with Crippen molar-refractivity contribution in [2.75, 3.05) is 19.6 Å². The maximum absolute atomic E-state index is 4.18. The van der Waals surface area contributed by atoms with E-state index >= 15 is 0 Å². The number of nitrogens with zero attached hydrogens (tertiary/aromatic N) is 4. The van der Waals surface area contributed by atoms with E-state index in [1.807, 2.05) is 17.0 Å². The minimum absolute atomic E-state index is 0.104. The Bertz CT molecular complexity index is 377. The van der Waals surface area contributed by atoms with E-state index in [9.17, 15) is 0 Å². The number of hydrogen-bond donors (Lipinski definition) is 1. The third-order valence-electron chi connectivity index (χ3n) is 2.87. The quantitative estimate of drug-likeness (QED) is 0.726. The summed E-state index contributed by atoms with van der Waals surface area (Å²) >= 11 is 0. The fourth-order valence-corrected chi connectivity index (χ4v) is 1.69. The van der Waals surface area contributed by atoms with Gasteiger partial charge in [0, 0.05) is 31.4 Å². The Morgan fingerprint density at radius 1 is 1.47 bits per heavy atom. The molecule has 0 spiro atoms. The number of aromatic nitrogens is 3. The molecule has 1 aromatic rings. The topological polar surface area (TPSA) is 46.0 Å². The number of nitrogens with one attached hydrogen (secondary N) is 1. The SMILES string of the molecule is C=CCN(CC)CCn1cc(CNC(C)(C)C)nn1. The third-order valence-corrected chi connectivity index (χ3v) is 2.87. The molecule has 19 heavy (non-hydrogen) atoms. The second-order valence-electron chi connectivity index (χ2n) is 5.76. The molecule has 0 amide bonds. The highest BCUT2D eigenvalue weighted by Gasteiger charge is 2.10. The maximum atomic E-state index is 4.18. The normalized spacial score (nSPS) is 12.1. The molecule has 0 aliphatic heterocycles. The monoisotopic (exact) mass is 265 g/mol. The van der Waals surface area contributed by atoms with Gasteiger partial charge in [-0.1, -0.05) is 18.2 Å². The number of hydrogen-bond acceptors (Lipinski definition) is 4. The fraction of sp³-hybridized carbons (Fsp3) is 0.714. The predicted octanol–water partition coefficient (Wildman–Crippen LogP) is 1.67. The van der Waals surface area contributed by atoms with Crippen molar-refractivity contribution in [1.29, 1.82) is 0 Å². The summed E-state index contributed by atoms with van der Waals surface area (Å²) in [5, 5.41) is 11.7. The lowest BCUT2D eigenvalue weighted by molar-refractivity contribution is 0.297. The van der Waals surface area contributed by atoms with Crippen LogP contribution in [0.5, 0.6) is 0 Å². The number of rotatable bonds is 8. The highest BCUT2D eigenvalue weighted by atomic mass is 15.4. The zero-order valence-electron chi connectivity index (χ0n) is 12.7. The summed E-state index contributed by atoms with van der Waals surface area (Å²) < 4.78 is 1.91. The molecule has 0 bridgehead atoms. The lowest BCUT2D eigenvalue weighted by Crippen LogP contribution is -2.35. The molecular weight excluding hydrogens is 238 g/mol. The van der Waals surface area contributed by atoms with Crippen LogP contribution in [0, 0.1) is 0 Å². The van der Waals surface area contributed by atoms with Crippen molar-refractivity contribution in [3.05, 3.63) is 24.5 Å². The predicted molar refractivity (Wildman–Crippen MR) is 78.9 cm³/mol. The van der Waals surface area contributed by atoms with E-state index in [0.29, 0.717) is 0 Å². The van der Waals surface area contributed by atoms with Crippen LogP contribution in [-0.2, 0) is 13.1 Å². The summed E-state index contributed by atoms with van der Waals surface area (Å²) in [4.78, 5) is 2.32. The first-order valence-corrected chi connectivity index (χ1v) is 6.92. The van der Waals surface area contributed by atoms with Gasteiger partial charge in [-0.15, -0.1) is 11.7 Å². The van der Waals surface area contributed by atoms with Gasteiger partial charge in [0.05, 0.1) is 12.2 Å². The van der Waals surface area contributed by atoms with E-state index in [-0.39, 0.29) is 5.54 Å². The van der Waals surface area contributed by atoms with Crippen LogP contribution < -0.4 is 5.32 Å². The lowest BCUT2D eigenvalue weighted by atomic mass is 10.1. The molecule has 0 atom stereocenters. The molecule has 0 unspecified atom stereocenters. The van der Waals surface area contributed by atoms with Gasteiger partial charge in [0.1, 0.15) is 0 Å². The minimum atomic E-state index is 0.104. The molecule has 0 saturated carbocycles. The molecular formula is C14H27N5. The minimum Gasteiger partial charge on any atom is -0.306 e. The first-order valence-electron chi connectivity index (χ1n) is 6.92. The Balaban J connectivity index is 2.40. The third kappa shape index (κ3) is 6.50. The molecule has 1 heterocycles. The first-order chi connectivity index (χ1) is 8.94. The summed E-state index contributed by atoms with van der Waals surface area (Å²) in [7, 11) is 0. The van der Waals surface area contributed by atoms with Crippen molar-refractivity contribution in [3.8, 4) is 0 Å². The molecule has 0 aromatic carbocycles. The van der Waals surface area contributed by atoms with Gasteiger partial charge in [-0.05, 0) is 27.3 Å². The van der Waals surface area contributed by atoms with E-state index in [0.717, 1.165) is 38.4 Å². The average Bonchev–Trinajstić information content (AvgIpc) is 2.79. The first kappa shape index (κ1) is 15.9. The smallest absolute Gasteiger partial charge is 0.0965 e. The number of likely N-dealkylation sites (N-methyl/N-ethyl adjacent to an activating group) is 1. The van der Waals surface area contributed by atoms with Crippen LogP contribution >= 0.6 is 0 Å². The molecule has 1 aromatic heterocycles. The van der Waals surface area contributed by atoms with E-state index < -0.39 is 0 Å². The van der Waals surface area contributed by atoms with Crippen LogP contribution in [0.1, 0.15) is 33.4 Å². The van der Waals surface area contributed by atoms with E-state index in [1.54, 1.807) is 0 Å². The van der Waals surface area contributed by atoms with Crippen molar-refractivity contribution in [2.45, 2.75) is 46.3 Å². The summed E-state index contributed by atoms with van der Waals surface area (Å²) in [6.45, 7) is 16.9. The van der Waals surface area contributed by atoms with Crippen molar-refractivity contribution >= 4 is 0 Å². The molecule has 1 rings (SSSR count). The van der Waals surface area contributed by atoms with Gasteiger partial charge in [-0.2, -0.15) is 0 Å². The lowest BCUT2D eigenvalue weighted by Gasteiger charge is -2.19. The Labute approximate surface area is 116 Å². The molecule has 0 saturated heterocycles. The maximum Gasteiger partial charge on any atom is 0.0965 e. The Morgan fingerprint density at radius 2 is 2.21 bits per heavy atom. The molecule has 5 heteroatoms. The molecule has 108 valence electrons. The largest absolute Gasteiger partial charge is 0.306 e. The van der Waals surface area contributed by atoms with Gasteiger partial charge in [-0.3, -0.25) is 9.58 Å². The van der Waals surface area contributed by atoms with E-state index in [2.05, 4.69) is 54.8 Å². The van der Waals surface area contributed by atoms with Crippen molar-refractivity contribution in [2.24, 2.45) is 0 Å². The highest BCUT2D eigenvalue weighted by Crippen LogP contribution is 2.01. The van der Waals surface area contributed by atoms with Gasteiger partial charge < -0.3 is 5.32 Å². The van der Waals surface area contributed by atoms with E-state index in [1.165, 1.54) is 0 Å². The van der Waals surface area contributed by atoms with Gasteiger partial charge >= 0.3 is 0 Å². The Kier molecular flexibility index (Phi) is 6.18. The van der Waals surface area contributed by atoms with Crippen LogP contribution in [0.4, 0.5) is 0 Å². The van der Waals surface area contributed by atoms with Gasteiger partial charge in [0.2, 0.25) is 0 Å². The zero-order valence-corrected chi connectivity index (χ0v) is 12.7. The van der Waals surface area contributed by atoms with Crippen molar-refractivity contribution in [3.63, 3.8) is 0 Å². The van der Waals surface area contributed by atoms with Crippen LogP contribution in [0.25, 0.3) is 0 Å². The summed E-state index contributed by atoms with van der Waals surface area (Å²) in [5.74, 6) is 0. The fourth-order valence-electron chi connectivity index (χ4n) is 1.69. The van der Waals surface area contributed by atoms with Gasteiger partial charge in [0.15, 0.2) is 0 Å². The van der Waals surface area contributed by atoms with Crippen LogP contribution in [0.15, 0.2) is 18.9 Å². The average molecular weight is 265 g/mol. The van der Waals surface area contributed by atoms with Gasteiger partial charge in [-0.25, -0.2) is 0 Å². The van der Waals surface area contributed by atoms with Crippen LogP contribution in [0.2, 0.25) is 0 Å². The molecule has 0 aliphatic carbocycles. The molecule has 1 N–H and O–H groups in total. The molecule has 0 aliphatic rings. The summed E-state index contributed by atoms with van der Waals surface area (Å²) in [6, 6.07) is 0. The summed E-state index contributed by atoms with van der Waals surface area (Å²) in [6.07, 6.45) is 3.95. The van der Waals surface area contributed by atoms with Gasteiger partial charge in [0.25, 0.3) is 0 Å². The molecule has 0 radical (unpaired) electrons. The van der Waals surface area contributed by atoms with Crippen molar-refractivity contribution < 1.29 is 0 Å². The Morgan fingerprint density at radius 3 is 2.79 bits per heavy atom. The second-order valence-corrected chi connectivity index (χ2v) is 5.76. The zero-order chi connectivity index (χ0) is 14.3. The van der Waals surface area contributed by atoms with Crippen LogP contribution in [-0.4, -0.2) is 45.1 Å². The Hall–Kier alpha value is -1.20. The van der Waals surface area contributed by atoms with Crippen molar-refractivity contribution in [1.82, 2.24) is 25.2 Å². The molecule has 5 nitrogen and oxygen atoms in total. The second kappa shape index (κ2) is 7.40. The highest BCUT2D eigenvalue weighted by molar-refractivity contribution is 4.93. The van der Waals surface area contributed by atoms with E-state index in [4.69, 9.17) is 0 Å². The summed E-state index contributed by atoms with van der Waals surface area (Å²) in [5.41, 5.74) is 1.09. The standard InChI is InChI=1S/C14H27N5/c1-6-8-18(7-2)9-10-19-12-13(16-17-19)11-15-14(3,4)5/h6,12,15H,1,7-11H2,2-5H3. The molecule has 0 fully saturated rings.